The zero-order chi connectivity index (χ0) is 24.1. The highest BCUT2D eigenvalue weighted by Gasteiger charge is 2.30. The van der Waals surface area contributed by atoms with Crippen LogP contribution in [0.5, 0.6) is 5.75 Å². The highest BCUT2D eigenvalue weighted by atomic mass is 32.2. The first-order valence-electron chi connectivity index (χ1n) is 10.6. The van der Waals surface area contributed by atoms with Crippen LogP contribution in [0.15, 0.2) is 59.8 Å². The fraction of sp³-hybridized carbons (Fsp3) is 0.250. The molecule has 1 aliphatic heterocycles. The van der Waals surface area contributed by atoms with E-state index >= 15 is 0 Å². The van der Waals surface area contributed by atoms with Crippen molar-refractivity contribution in [3.8, 4) is 5.75 Å². The van der Waals surface area contributed by atoms with Gasteiger partial charge < -0.3 is 20.1 Å². The molecule has 1 saturated heterocycles. The number of thioether (sulfide) groups is 1. The minimum Gasteiger partial charge on any atom is -0.486 e. The standard InChI is InChI=1S/C24H23FN4O4S/c1-15-2-3-16(25)8-22(15)33-19-11-29(12-19)23-10-26-21(9-27-23)24(32)28-17-4-6-20(7-5-17)34-14-18(31)13-30/h2-10,19,30H,11-14H2,1H3,(H,28,32). The van der Waals surface area contributed by atoms with Gasteiger partial charge in [-0.25, -0.2) is 14.4 Å². The summed E-state index contributed by atoms with van der Waals surface area (Å²) in [5, 5.41) is 11.5. The van der Waals surface area contributed by atoms with E-state index in [1.165, 1.54) is 36.3 Å². The molecule has 4 rings (SSSR count). The van der Waals surface area contributed by atoms with Crippen LogP contribution >= 0.6 is 11.8 Å². The van der Waals surface area contributed by atoms with E-state index in [4.69, 9.17) is 9.84 Å². The van der Waals surface area contributed by atoms with Crippen molar-refractivity contribution in [2.24, 2.45) is 0 Å². The Morgan fingerprint density at radius 3 is 2.62 bits per heavy atom. The number of aliphatic hydroxyl groups excluding tert-OH is 1. The lowest BCUT2D eigenvalue weighted by molar-refractivity contribution is -0.119. The van der Waals surface area contributed by atoms with E-state index in [0.29, 0.717) is 30.3 Å². The first kappa shape index (κ1) is 23.7. The lowest BCUT2D eigenvalue weighted by atomic mass is 10.1. The van der Waals surface area contributed by atoms with Crippen LogP contribution in [0.3, 0.4) is 0 Å². The quantitative estimate of drug-likeness (QED) is 0.449. The number of ketones is 1. The number of anilines is 2. The summed E-state index contributed by atoms with van der Waals surface area (Å²) in [6.07, 6.45) is 2.88. The molecule has 1 aromatic heterocycles. The first-order chi connectivity index (χ1) is 16.4. The summed E-state index contributed by atoms with van der Waals surface area (Å²) in [7, 11) is 0. The number of aromatic nitrogens is 2. The molecule has 176 valence electrons. The molecule has 0 spiro atoms. The van der Waals surface area contributed by atoms with E-state index < -0.39 is 6.61 Å². The van der Waals surface area contributed by atoms with Crippen molar-refractivity contribution in [3.05, 3.63) is 71.9 Å². The van der Waals surface area contributed by atoms with Gasteiger partial charge in [-0.1, -0.05) is 6.07 Å². The van der Waals surface area contributed by atoms with Gasteiger partial charge >= 0.3 is 0 Å². The Kier molecular flexibility index (Phi) is 7.39. The van der Waals surface area contributed by atoms with Gasteiger partial charge in [0.15, 0.2) is 5.78 Å². The number of hydrogen-bond donors (Lipinski definition) is 2. The molecule has 2 aromatic carbocycles. The molecule has 2 N–H and O–H groups in total. The van der Waals surface area contributed by atoms with Crippen molar-refractivity contribution in [1.82, 2.24) is 9.97 Å². The fourth-order valence-corrected chi connectivity index (χ4v) is 3.97. The second kappa shape index (κ2) is 10.6. The molecule has 8 nitrogen and oxygen atoms in total. The van der Waals surface area contributed by atoms with Crippen LogP contribution in [-0.2, 0) is 4.79 Å². The maximum Gasteiger partial charge on any atom is 0.275 e. The van der Waals surface area contributed by atoms with Gasteiger partial charge in [0.05, 0.1) is 31.2 Å². The summed E-state index contributed by atoms with van der Waals surface area (Å²) < 4.78 is 19.3. The van der Waals surface area contributed by atoms with Crippen molar-refractivity contribution in [2.45, 2.75) is 17.9 Å². The molecule has 34 heavy (non-hydrogen) atoms. The number of halogens is 1. The van der Waals surface area contributed by atoms with Crippen LogP contribution in [0, 0.1) is 12.7 Å². The monoisotopic (exact) mass is 482 g/mol. The molecule has 0 unspecified atom stereocenters. The van der Waals surface area contributed by atoms with Gasteiger partial charge in [-0.3, -0.25) is 9.59 Å². The summed E-state index contributed by atoms with van der Waals surface area (Å²) in [6.45, 7) is 2.58. The van der Waals surface area contributed by atoms with Crippen molar-refractivity contribution >= 4 is 35.0 Å². The third-order valence-corrected chi connectivity index (χ3v) is 6.25. The number of nitrogens with one attached hydrogen (secondary N) is 1. The minimum atomic E-state index is -0.471. The smallest absolute Gasteiger partial charge is 0.275 e. The van der Waals surface area contributed by atoms with Crippen LogP contribution in [0.4, 0.5) is 15.9 Å². The second-order valence-electron chi connectivity index (χ2n) is 7.78. The predicted molar refractivity (Wildman–Crippen MR) is 127 cm³/mol. The lowest BCUT2D eigenvalue weighted by Gasteiger charge is -2.39. The Bertz CT molecular complexity index is 1170. The van der Waals surface area contributed by atoms with E-state index in [1.807, 2.05) is 11.8 Å². The molecule has 1 fully saturated rings. The summed E-state index contributed by atoms with van der Waals surface area (Å²) >= 11 is 1.32. The number of aliphatic hydroxyl groups is 1. The van der Waals surface area contributed by atoms with Crippen LogP contribution < -0.4 is 15.0 Å². The van der Waals surface area contributed by atoms with E-state index in [2.05, 4.69) is 15.3 Å². The molecule has 1 amide bonds. The molecule has 3 aromatic rings. The molecule has 10 heteroatoms. The molecule has 0 atom stereocenters. The maximum atomic E-state index is 13.4. The normalized spacial score (nSPS) is 13.3. The average Bonchev–Trinajstić information content (AvgIpc) is 2.82. The Labute approximate surface area is 200 Å². The maximum absolute atomic E-state index is 13.4. The average molecular weight is 483 g/mol. The number of nitrogens with zero attached hydrogens (tertiary/aromatic N) is 3. The summed E-state index contributed by atoms with van der Waals surface area (Å²) in [4.78, 5) is 35.0. The third kappa shape index (κ3) is 5.89. The molecule has 0 bridgehead atoms. The molecular formula is C24H23FN4O4S. The van der Waals surface area contributed by atoms with Gasteiger partial charge in [0, 0.05) is 16.6 Å². The second-order valence-corrected chi connectivity index (χ2v) is 8.83. The van der Waals surface area contributed by atoms with Crippen molar-refractivity contribution in [1.29, 1.82) is 0 Å². The van der Waals surface area contributed by atoms with Crippen molar-refractivity contribution in [3.63, 3.8) is 0 Å². The van der Waals surface area contributed by atoms with E-state index in [0.717, 1.165) is 10.5 Å². The van der Waals surface area contributed by atoms with Gasteiger partial charge in [0.2, 0.25) is 0 Å². The predicted octanol–water partition coefficient (Wildman–Crippen LogP) is 3.10. The number of Topliss-reactive ketones (excluding diaryl/α,β-unsaturated/α-hetero) is 1. The van der Waals surface area contributed by atoms with Crippen LogP contribution in [0.2, 0.25) is 0 Å². The Morgan fingerprint density at radius 1 is 1.18 bits per heavy atom. The molecule has 0 radical (unpaired) electrons. The van der Waals surface area contributed by atoms with Gasteiger partial charge in [0.1, 0.15) is 35.8 Å². The number of aryl methyl sites for hydroxylation is 1. The molecule has 0 aliphatic carbocycles. The Morgan fingerprint density at radius 2 is 1.94 bits per heavy atom. The molecule has 1 aliphatic rings. The summed E-state index contributed by atoms with van der Waals surface area (Å²) in [6, 6.07) is 11.5. The summed E-state index contributed by atoms with van der Waals surface area (Å²) in [5.74, 6) is 0.395. The molecule has 2 heterocycles. The van der Waals surface area contributed by atoms with Gasteiger partial charge in [-0.05, 0) is 42.8 Å². The van der Waals surface area contributed by atoms with E-state index in [-0.39, 0.29) is 35.1 Å². The van der Waals surface area contributed by atoms with Crippen molar-refractivity contribution in [2.75, 3.05) is 35.7 Å². The van der Waals surface area contributed by atoms with Crippen LogP contribution in [0.25, 0.3) is 0 Å². The first-order valence-corrected chi connectivity index (χ1v) is 11.6. The summed E-state index contributed by atoms with van der Waals surface area (Å²) in [5.41, 5.74) is 1.64. The highest BCUT2D eigenvalue weighted by Crippen LogP contribution is 2.25. The highest BCUT2D eigenvalue weighted by molar-refractivity contribution is 8.00. The minimum absolute atomic E-state index is 0.0758. The number of ether oxygens (including phenoxy) is 1. The number of carbonyl (C=O) groups is 2. The van der Waals surface area contributed by atoms with Gasteiger partial charge in [0.25, 0.3) is 5.91 Å². The van der Waals surface area contributed by atoms with Crippen LogP contribution in [0.1, 0.15) is 16.1 Å². The number of carbonyl (C=O) groups excluding carboxylic acids is 2. The Hall–Kier alpha value is -3.50. The SMILES string of the molecule is Cc1ccc(F)cc1OC1CN(c2cnc(C(=O)Nc3ccc(SCC(=O)CO)cc3)cn2)C1. The zero-order valence-electron chi connectivity index (χ0n) is 18.4. The number of amides is 1. The van der Waals surface area contributed by atoms with Gasteiger partial charge in [-0.15, -0.1) is 11.8 Å². The van der Waals surface area contributed by atoms with Gasteiger partial charge in [-0.2, -0.15) is 0 Å². The Balaban J connectivity index is 1.27. The number of hydrogen-bond acceptors (Lipinski definition) is 8. The van der Waals surface area contributed by atoms with Crippen LogP contribution in [-0.4, -0.2) is 58.3 Å². The number of benzene rings is 2. The van der Waals surface area contributed by atoms with Crippen molar-refractivity contribution < 1.29 is 23.8 Å². The third-order valence-electron chi connectivity index (χ3n) is 5.18. The zero-order valence-corrected chi connectivity index (χ0v) is 19.2. The van der Waals surface area contributed by atoms with E-state index in [1.54, 1.807) is 30.3 Å². The molecular weight excluding hydrogens is 459 g/mol. The largest absolute Gasteiger partial charge is 0.486 e. The molecule has 0 saturated carbocycles. The fourth-order valence-electron chi connectivity index (χ4n) is 3.22. The number of rotatable bonds is 9. The topological polar surface area (TPSA) is 105 Å². The lowest BCUT2D eigenvalue weighted by Crippen LogP contribution is -2.54. The van der Waals surface area contributed by atoms with E-state index in [9.17, 15) is 14.0 Å².